The van der Waals surface area contributed by atoms with Crippen LogP contribution in [0.25, 0.3) is 0 Å². The van der Waals surface area contributed by atoms with Crippen molar-refractivity contribution in [2.24, 2.45) is 5.10 Å². The molecule has 0 aliphatic rings. The lowest BCUT2D eigenvalue weighted by Gasteiger charge is -2.01. The molecule has 0 radical (unpaired) electrons. The molecular formula is C15H13N3O5. The van der Waals surface area contributed by atoms with Gasteiger partial charge in [-0.05, 0) is 29.8 Å². The van der Waals surface area contributed by atoms with E-state index in [4.69, 9.17) is 0 Å². The number of nitrogens with one attached hydrogen (secondary N) is 1. The molecule has 0 bridgehead atoms. The predicted octanol–water partition coefficient (Wildman–Crippen LogP) is 1.70. The van der Waals surface area contributed by atoms with Crippen molar-refractivity contribution >= 4 is 17.8 Å². The minimum atomic E-state index is -0.657. The zero-order chi connectivity index (χ0) is 16.8. The number of hydrazone groups is 1. The van der Waals surface area contributed by atoms with Crippen molar-refractivity contribution in [1.82, 2.24) is 5.43 Å². The molecule has 3 N–H and O–H groups in total. The average molecular weight is 315 g/mol. The van der Waals surface area contributed by atoms with E-state index in [0.29, 0.717) is 5.56 Å². The number of carbonyl (C=O) groups is 1. The van der Waals surface area contributed by atoms with E-state index >= 15 is 0 Å². The van der Waals surface area contributed by atoms with Crippen molar-refractivity contribution in [3.05, 3.63) is 63.7 Å². The molecule has 1 amide bonds. The number of phenols is 2. The number of rotatable bonds is 5. The maximum absolute atomic E-state index is 11.7. The molecule has 2 rings (SSSR count). The Hall–Kier alpha value is -3.42. The molecule has 0 fully saturated rings. The highest BCUT2D eigenvalue weighted by Gasteiger charge is 2.13. The molecular weight excluding hydrogens is 302 g/mol. The van der Waals surface area contributed by atoms with Gasteiger partial charge in [-0.25, -0.2) is 5.43 Å². The number of hydrogen-bond acceptors (Lipinski definition) is 6. The Kier molecular flexibility index (Phi) is 4.88. The van der Waals surface area contributed by atoms with Crippen molar-refractivity contribution in [3.63, 3.8) is 0 Å². The summed E-state index contributed by atoms with van der Waals surface area (Å²) in [4.78, 5) is 21.9. The van der Waals surface area contributed by atoms with Crippen LogP contribution in [0.5, 0.6) is 11.5 Å². The lowest BCUT2D eigenvalue weighted by Crippen LogP contribution is -2.19. The summed E-state index contributed by atoms with van der Waals surface area (Å²) in [5.41, 5.74) is 2.67. The molecule has 0 heterocycles. The summed E-state index contributed by atoms with van der Waals surface area (Å²) >= 11 is 0. The van der Waals surface area contributed by atoms with E-state index in [1.165, 1.54) is 24.3 Å². The highest BCUT2D eigenvalue weighted by molar-refractivity contribution is 5.87. The molecule has 0 atom stereocenters. The van der Waals surface area contributed by atoms with Gasteiger partial charge in [-0.3, -0.25) is 14.9 Å². The van der Waals surface area contributed by atoms with Gasteiger partial charge in [0, 0.05) is 0 Å². The normalized spacial score (nSPS) is 10.6. The third-order valence-corrected chi connectivity index (χ3v) is 2.88. The minimum absolute atomic E-state index is 0.00338. The van der Waals surface area contributed by atoms with Crippen LogP contribution in [0.2, 0.25) is 0 Å². The largest absolute Gasteiger partial charge is 0.508 e. The first kappa shape index (κ1) is 16.0. The fourth-order valence-electron chi connectivity index (χ4n) is 1.86. The standard InChI is InChI=1S/C15H13N3O5/c19-12-3-1-2-10(6-12)7-15(21)17-16-9-11-4-5-13(20)8-14(11)18(22)23/h1-6,8-9,19-20H,7H2,(H,17,21). The Labute approximate surface area is 130 Å². The average Bonchev–Trinajstić information content (AvgIpc) is 2.48. The second kappa shape index (κ2) is 7.03. The SMILES string of the molecule is O=C(Cc1cccc(O)c1)NN=Cc1ccc(O)cc1[N+](=O)[O-]. The number of nitro benzene ring substituents is 1. The van der Waals surface area contributed by atoms with Crippen molar-refractivity contribution in [2.45, 2.75) is 6.42 Å². The molecule has 0 unspecified atom stereocenters. The van der Waals surface area contributed by atoms with Crippen LogP contribution < -0.4 is 5.43 Å². The van der Waals surface area contributed by atoms with Gasteiger partial charge in [-0.1, -0.05) is 12.1 Å². The van der Waals surface area contributed by atoms with Crippen LogP contribution in [-0.2, 0) is 11.2 Å². The number of aromatic hydroxyl groups is 2. The van der Waals surface area contributed by atoms with Crippen molar-refractivity contribution < 1.29 is 19.9 Å². The Morgan fingerprint density at radius 2 is 1.96 bits per heavy atom. The summed E-state index contributed by atoms with van der Waals surface area (Å²) in [5.74, 6) is -0.617. The monoisotopic (exact) mass is 315 g/mol. The molecule has 8 nitrogen and oxygen atoms in total. The molecule has 8 heteroatoms. The van der Waals surface area contributed by atoms with Crippen LogP contribution in [0.3, 0.4) is 0 Å². The summed E-state index contributed by atoms with van der Waals surface area (Å²) < 4.78 is 0. The van der Waals surface area contributed by atoms with E-state index in [1.54, 1.807) is 12.1 Å². The van der Waals surface area contributed by atoms with Gasteiger partial charge in [0.1, 0.15) is 11.5 Å². The quantitative estimate of drug-likeness (QED) is 0.440. The second-order valence-electron chi connectivity index (χ2n) is 4.64. The maximum Gasteiger partial charge on any atom is 0.281 e. The smallest absolute Gasteiger partial charge is 0.281 e. The van der Waals surface area contributed by atoms with Gasteiger partial charge in [-0.15, -0.1) is 0 Å². The number of benzene rings is 2. The van der Waals surface area contributed by atoms with Crippen molar-refractivity contribution in [3.8, 4) is 11.5 Å². The first-order chi connectivity index (χ1) is 11.0. The van der Waals surface area contributed by atoms with Crippen LogP contribution in [0, 0.1) is 10.1 Å². The molecule has 0 saturated heterocycles. The van der Waals surface area contributed by atoms with E-state index < -0.39 is 10.8 Å². The molecule has 0 saturated carbocycles. The zero-order valence-corrected chi connectivity index (χ0v) is 11.8. The molecule has 118 valence electrons. The number of phenolic OH excluding ortho intramolecular Hbond substituents is 2. The number of amides is 1. The molecule has 0 aromatic heterocycles. The van der Waals surface area contributed by atoms with Gasteiger partial charge in [0.15, 0.2) is 0 Å². The van der Waals surface area contributed by atoms with Crippen LogP contribution in [0.15, 0.2) is 47.6 Å². The van der Waals surface area contributed by atoms with Gasteiger partial charge in [0.25, 0.3) is 5.69 Å². The van der Waals surface area contributed by atoms with E-state index in [1.807, 2.05) is 0 Å². The van der Waals surface area contributed by atoms with E-state index in [-0.39, 0.29) is 29.2 Å². The van der Waals surface area contributed by atoms with Gasteiger partial charge < -0.3 is 10.2 Å². The topological polar surface area (TPSA) is 125 Å². The molecule has 0 spiro atoms. The summed E-state index contributed by atoms with van der Waals surface area (Å²) in [7, 11) is 0. The summed E-state index contributed by atoms with van der Waals surface area (Å²) in [6.07, 6.45) is 1.13. The van der Waals surface area contributed by atoms with Crippen LogP contribution in [-0.4, -0.2) is 27.3 Å². The summed E-state index contributed by atoms with van der Waals surface area (Å²) in [5, 5.41) is 33.1. The van der Waals surface area contributed by atoms with Crippen molar-refractivity contribution in [1.29, 1.82) is 0 Å². The Bertz CT molecular complexity index is 773. The Morgan fingerprint density at radius 1 is 1.22 bits per heavy atom. The van der Waals surface area contributed by atoms with Crippen molar-refractivity contribution in [2.75, 3.05) is 0 Å². The highest BCUT2D eigenvalue weighted by Crippen LogP contribution is 2.22. The van der Waals surface area contributed by atoms with E-state index in [2.05, 4.69) is 10.5 Å². The predicted molar refractivity (Wildman–Crippen MR) is 82.3 cm³/mol. The second-order valence-corrected chi connectivity index (χ2v) is 4.64. The van der Waals surface area contributed by atoms with Crippen LogP contribution in [0.4, 0.5) is 5.69 Å². The van der Waals surface area contributed by atoms with Gasteiger partial charge in [0.05, 0.1) is 29.2 Å². The van der Waals surface area contributed by atoms with Gasteiger partial charge >= 0.3 is 0 Å². The molecule has 2 aromatic rings. The number of hydrogen-bond donors (Lipinski definition) is 3. The lowest BCUT2D eigenvalue weighted by molar-refractivity contribution is -0.385. The first-order valence-corrected chi connectivity index (χ1v) is 6.53. The minimum Gasteiger partial charge on any atom is -0.508 e. The molecule has 23 heavy (non-hydrogen) atoms. The Balaban J connectivity index is 2.01. The molecule has 2 aromatic carbocycles. The van der Waals surface area contributed by atoms with Gasteiger partial charge in [0.2, 0.25) is 5.91 Å². The molecule has 0 aliphatic heterocycles. The third kappa shape index (κ3) is 4.53. The number of nitro groups is 1. The highest BCUT2D eigenvalue weighted by atomic mass is 16.6. The summed E-state index contributed by atoms with van der Waals surface area (Å²) in [6, 6.07) is 9.82. The van der Waals surface area contributed by atoms with E-state index in [0.717, 1.165) is 12.3 Å². The number of carbonyl (C=O) groups excluding carboxylic acids is 1. The summed E-state index contributed by atoms with van der Waals surface area (Å²) in [6.45, 7) is 0. The van der Waals surface area contributed by atoms with Crippen LogP contribution >= 0.6 is 0 Å². The lowest BCUT2D eigenvalue weighted by atomic mass is 10.1. The molecule has 0 aliphatic carbocycles. The third-order valence-electron chi connectivity index (χ3n) is 2.88. The fraction of sp³-hybridized carbons (Fsp3) is 0.0667. The Morgan fingerprint density at radius 3 is 2.65 bits per heavy atom. The zero-order valence-electron chi connectivity index (χ0n) is 11.8. The van der Waals surface area contributed by atoms with Gasteiger partial charge in [-0.2, -0.15) is 5.10 Å². The first-order valence-electron chi connectivity index (χ1n) is 6.53. The fourth-order valence-corrected chi connectivity index (χ4v) is 1.86. The van der Waals surface area contributed by atoms with E-state index in [9.17, 15) is 25.1 Å². The maximum atomic E-state index is 11.7. The van der Waals surface area contributed by atoms with Crippen LogP contribution in [0.1, 0.15) is 11.1 Å². The number of nitrogens with zero attached hydrogens (tertiary/aromatic N) is 2.